The molecular formula is C23H27NO3. The maximum Gasteiger partial charge on any atom is 0.330 e. The minimum absolute atomic E-state index is 0.306. The summed E-state index contributed by atoms with van der Waals surface area (Å²) in [4.78, 5) is 16.3. The van der Waals surface area contributed by atoms with E-state index in [4.69, 9.17) is 9.47 Å². The summed E-state index contributed by atoms with van der Waals surface area (Å²) in [5.74, 6) is 0.557. The van der Waals surface area contributed by atoms with Crippen LogP contribution in [0.5, 0.6) is 5.75 Å². The Morgan fingerprint density at radius 2 is 1.63 bits per heavy atom. The van der Waals surface area contributed by atoms with Gasteiger partial charge in [-0.25, -0.2) is 4.79 Å². The Morgan fingerprint density at radius 1 is 1.04 bits per heavy atom. The number of ether oxygens (including phenoxy) is 2. The van der Waals surface area contributed by atoms with E-state index >= 15 is 0 Å². The van der Waals surface area contributed by atoms with Crippen LogP contribution in [-0.2, 0) is 35.2 Å². The number of carbonyl (C=O) groups is 1. The first-order valence-corrected chi connectivity index (χ1v) is 9.58. The predicted molar refractivity (Wildman–Crippen MR) is 108 cm³/mol. The number of hydrogen-bond donors (Lipinski definition) is 0. The Labute approximate surface area is 161 Å². The molecule has 0 amide bonds. The Balaban J connectivity index is 1.96. The summed E-state index contributed by atoms with van der Waals surface area (Å²) < 4.78 is 10.8. The lowest BCUT2D eigenvalue weighted by Gasteiger charge is -2.17. The third-order valence-electron chi connectivity index (χ3n) is 5.02. The second kappa shape index (κ2) is 8.85. The van der Waals surface area contributed by atoms with Gasteiger partial charge in [0.05, 0.1) is 13.7 Å². The number of benzene rings is 2. The molecule has 0 saturated carbocycles. The van der Waals surface area contributed by atoms with Crippen LogP contribution in [0.4, 0.5) is 0 Å². The molecule has 27 heavy (non-hydrogen) atoms. The normalized spacial score (nSPS) is 14.6. The fourth-order valence-electron chi connectivity index (χ4n) is 3.42. The predicted octanol–water partition coefficient (Wildman–Crippen LogP) is 3.95. The highest BCUT2D eigenvalue weighted by molar-refractivity contribution is 5.88. The molecular weight excluding hydrogens is 338 g/mol. The van der Waals surface area contributed by atoms with Crippen LogP contribution in [0.25, 0.3) is 0 Å². The van der Waals surface area contributed by atoms with Gasteiger partial charge >= 0.3 is 5.97 Å². The summed E-state index contributed by atoms with van der Waals surface area (Å²) in [5, 5.41) is 0. The number of aryl methyl sites for hydroxylation is 4. The first kappa shape index (κ1) is 19.2. The molecule has 0 spiro atoms. The van der Waals surface area contributed by atoms with Gasteiger partial charge in [0.1, 0.15) is 11.8 Å². The number of methoxy groups -OCH3 is 1. The molecule has 2 aromatic rings. The third kappa shape index (κ3) is 4.57. The lowest BCUT2D eigenvalue weighted by atomic mass is 9.92. The van der Waals surface area contributed by atoms with Gasteiger partial charge in [0.15, 0.2) is 0 Å². The first-order chi connectivity index (χ1) is 13.1. The van der Waals surface area contributed by atoms with Crippen LogP contribution >= 0.6 is 0 Å². The van der Waals surface area contributed by atoms with Crippen LogP contribution in [0.1, 0.15) is 41.7 Å². The quantitative estimate of drug-likeness (QED) is 0.595. The van der Waals surface area contributed by atoms with Gasteiger partial charge in [0.25, 0.3) is 0 Å². The molecule has 0 saturated heterocycles. The molecule has 4 nitrogen and oxygen atoms in total. The minimum atomic E-state index is -0.531. The van der Waals surface area contributed by atoms with E-state index in [1.165, 1.54) is 16.7 Å². The highest BCUT2D eigenvalue weighted by Crippen LogP contribution is 2.29. The molecule has 6 rings (SSSR count). The van der Waals surface area contributed by atoms with Crippen LogP contribution in [0.3, 0.4) is 0 Å². The molecule has 0 heterocycles. The maximum atomic E-state index is 11.9. The average Bonchev–Trinajstić information content (AvgIpc) is 2.68. The average molecular weight is 365 g/mol. The molecule has 1 atom stereocenters. The lowest BCUT2D eigenvalue weighted by Crippen LogP contribution is -2.18. The van der Waals surface area contributed by atoms with Crippen molar-refractivity contribution in [3.05, 3.63) is 64.2 Å². The number of esters is 1. The fraction of sp³-hybridized carbons (Fsp3) is 0.391. The van der Waals surface area contributed by atoms with E-state index in [1.54, 1.807) is 27.2 Å². The summed E-state index contributed by atoms with van der Waals surface area (Å²) in [6.45, 7) is 3.92. The van der Waals surface area contributed by atoms with Crippen molar-refractivity contribution in [2.24, 2.45) is 4.99 Å². The van der Waals surface area contributed by atoms with E-state index in [9.17, 15) is 4.79 Å². The monoisotopic (exact) mass is 365 g/mol. The molecule has 4 heteroatoms. The van der Waals surface area contributed by atoms with Crippen molar-refractivity contribution in [2.75, 3.05) is 13.7 Å². The summed E-state index contributed by atoms with van der Waals surface area (Å²) in [5.41, 5.74) is 5.97. The van der Waals surface area contributed by atoms with Crippen molar-refractivity contribution in [2.45, 2.75) is 45.6 Å². The fourth-order valence-corrected chi connectivity index (χ4v) is 3.42. The van der Waals surface area contributed by atoms with Crippen molar-refractivity contribution >= 4 is 12.2 Å². The molecule has 0 aromatic heterocycles. The zero-order chi connectivity index (χ0) is 19.2. The Kier molecular flexibility index (Phi) is 6.28. The van der Waals surface area contributed by atoms with Gasteiger partial charge in [-0.1, -0.05) is 36.4 Å². The molecule has 4 aliphatic rings. The minimum Gasteiger partial charge on any atom is -0.496 e. The maximum absolute atomic E-state index is 11.9. The summed E-state index contributed by atoms with van der Waals surface area (Å²) >= 11 is 0. The Hall–Kier alpha value is -2.62. The molecule has 4 aliphatic carbocycles. The largest absolute Gasteiger partial charge is 0.496 e. The highest BCUT2D eigenvalue weighted by atomic mass is 16.5. The van der Waals surface area contributed by atoms with Crippen LogP contribution in [0.2, 0.25) is 0 Å². The second-order valence-corrected chi connectivity index (χ2v) is 6.85. The number of carbonyl (C=O) groups excluding carboxylic acids is 1. The van der Waals surface area contributed by atoms with Gasteiger partial charge in [0.2, 0.25) is 0 Å². The standard InChI is InChI=1S/C23H27NO3/c1-4-27-23(25)16(2)24-15-21-19-11-9-17-5-7-18(8-6-17)10-12-20(14-13-19)22(21)26-3/h5-8,13-16H,4,9-12H2,1-3H3. The van der Waals surface area contributed by atoms with E-state index in [1.807, 2.05) is 0 Å². The third-order valence-corrected chi connectivity index (χ3v) is 5.02. The van der Waals surface area contributed by atoms with Crippen LogP contribution in [0, 0.1) is 0 Å². The summed E-state index contributed by atoms with van der Waals surface area (Å²) in [7, 11) is 1.70. The van der Waals surface area contributed by atoms with Gasteiger partial charge in [-0.05, 0) is 61.8 Å². The van der Waals surface area contributed by atoms with Gasteiger partial charge in [-0.3, -0.25) is 4.99 Å². The van der Waals surface area contributed by atoms with Gasteiger partial charge in [-0.2, -0.15) is 0 Å². The molecule has 0 N–H and O–H groups in total. The topological polar surface area (TPSA) is 47.9 Å². The van der Waals surface area contributed by atoms with Crippen LogP contribution in [-0.4, -0.2) is 31.9 Å². The van der Waals surface area contributed by atoms with Crippen molar-refractivity contribution in [3.8, 4) is 5.75 Å². The van der Waals surface area contributed by atoms with Crippen molar-refractivity contribution < 1.29 is 14.3 Å². The van der Waals surface area contributed by atoms with E-state index in [0.29, 0.717) is 6.61 Å². The SMILES string of the molecule is CCOC(=O)C(C)N=Cc1c2ccc(c1OC)CCc1ccc(cc1)CC2. The van der Waals surface area contributed by atoms with E-state index < -0.39 is 6.04 Å². The van der Waals surface area contributed by atoms with Crippen molar-refractivity contribution in [1.82, 2.24) is 0 Å². The van der Waals surface area contributed by atoms with Crippen LogP contribution < -0.4 is 4.74 Å². The van der Waals surface area contributed by atoms with Crippen LogP contribution in [0.15, 0.2) is 41.4 Å². The molecule has 2 aromatic carbocycles. The molecule has 0 aliphatic heterocycles. The molecule has 4 bridgehead atoms. The van der Waals surface area contributed by atoms with E-state index in [2.05, 4.69) is 41.4 Å². The Bertz CT molecular complexity index is 824. The molecule has 0 radical (unpaired) electrons. The lowest BCUT2D eigenvalue weighted by molar-refractivity contribution is -0.144. The van der Waals surface area contributed by atoms with E-state index in [-0.39, 0.29) is 5.97 Å². The summed E-state index contributed by atoms with van der Waals surface area (Å²) in [6.07, 6.45) is 5.50. The zero-order valence-electron chi connectivity index (χ0n) is 16.3. The smallest absolute Gasteiger partial charge is 0.330 e. The highest BCUT2D eigenvalue weighted by Gasteiger charge is 2.16. The molecule has 1 unspecified atom stereocenters. The Morgan fingerprint density at radius 3 is 2.22 bits per heavy atom. The van der Waals surface area contributed by atoms with Gasteiger partial charge in [0, 0.05) is 11.8 Å². The van der Waals surface area contributed by atoms with Gasteiger partial charge < -0.3 is 9.47 Å². The first-order valence-electron chi connectivity index (χ1n) is 9.58. The number of nitrogens with zero attached hydrogens (tertiary/aromatic N) is 1. The number of aliphatic imine (C=N–C) groups is 1. The van der Waals surface area contributed by atoms with Crippen molar-refractivity contribution in [3.63, 3.8) is 0 Å². The van der Waals surface area contributed by atoms with E-state index in [0.717, 1.165) is 42.6 Å². The number of hydrogen-bond acceptors (Lipinski definition) is 4. The zero-order valence-corrected chi connectivity index (χ0v) is 16.3. The molecule has 0 fully saturated rings. The summed E-state index contributed by atoms with van der Waals surface area (Å²) in [6, 6.07) is 12.7. The molecule has 142 valence electrons. The number of rotatable bonds is 5. The van der Waals surface area contributed by atoms with Crippen molar-refractivity contribution in [1.29, 1.82) is 0 Å². The second-order valence-electron chi connectivity index (χ2n) is 6.85. The van der Waals surface area contributed by atoms with Gasteiger partial charge in [-0.15, -0.1) is 0 Å².